The molecule has 1 fully saturated rings. The van der Waals surface area contributed by atoms with Crippen molar-refractivity contribution in [1.29, 1.82) is 0 Å². The summed E-state index contributed by atoms with van der Waals surface area (Å²) in [6.07, 6.45) is 3.21. The van der Waals surface area contributed by atoms with Gasteiger partial charge in [-0.15, -0.1) is 0 Å². The second kappa shape index (κ2) is 6.05. The van der Waals surface area contributed by atoms with Crippen LogP contribution >= 0.6 is 0 Å². The molecular weight excluding hydrogens is 288 g/mol. The smallest absolute Gasteiger partial charge is 0.256 e. The van der Waals surface area contributed by atoms with Gasteiger partial charge in [0.15, 0.2) is 0 Å². The first kappa shape index (κ1) is 15.8. The molecule has 1 aliphatic heterocycles. The van der Waals surface area contributed by atoms with Gasteiger partial charge < -0.3 is 4.90 Å². The van der Waals surface area contributed by atoms with E-state index >= 15 is 0 Å². The summed E-state index contributed by atoms with van der Waals surface area (Å²) in [5, 5.41) is 0. The van der Waals surface area contributed by atoms with Gasteiger partial charge in [-0.1, -0.05) is 18.6 Å². The van der Waals surface area contributed by atoms with E-state index in [9.17, 15) is 13.2 Å². The molecule has 1 heterocycles. The van der Waals surface area contributed by atoms with E-state index in [4.69, 9.17) is 0 Å². The maximum Gasteiger partial charge on any atom is 0.256 e. The molecule has 1 amide bonds. The van der Waals surface area contributed by atoms with Crippen LogP contribution < -0.4 is 4.72 Å². The van der Waals surface area contributed by atoms with E-state index in [0.717, 1.165) is 37.8 Å². The predicted octanol–water partition coefficient (Wildman–Crippen LogP) is 2.24. The van der Waals surface area contributed by atoms with Crippen LogP contribution in [0.4, 0.5) is 5.69 Å². The number of carbonyl (C=O) groups is 1. The number of hydrogen-bond acceptors (Lipinski definition) is 3. The van der Waals surface area contributed by atoms with E-state index in [-0.39, 0.29) is 5.91 Å². The van der Waals surface area contributed by atoms with Crippen molar-refractivity contribution < 1.29 is 13.2 Å². The average Bonchev–Trinajstić information content (AvgIpc) is 2.38. The second-order valence-electron chi connectivity index (χ2n) is 5.92. The van der Waals surface area contributed by atoms with E-state index in [1.165, 1.54) is 0 Å². The Labute approximate surface area is 126 Å². The van der Waals surface area contributed by atoms with Crippen molar-refractivity contribution in [2.75, 3.05) is 24.1 Å². The molecule has 1 N–H and O–H groups in total. The Balaban J connectivity index is 2.32. The third-order valence-corrected chi connectivity index (χ3v) is 4.24. The monoisotopic (exact) mass is 310 g/mol. The first-order valence-corrected chi connectivity index (χ1v) is 9.03. The standard InChI is InChI=1S/C15H22N2O3S/c1-11-6-7-14(16-21(3,19)20)13(9-11)15(18)17-8-4-5-12(2)10-17/h6-7,9,12,16H,4-5,8,10H2,1-3H3. The highest BCUT2D eigenvalue weighted by molar-refractivity contribution is 7.92. The largest absolute Gasteiger partial charge is 0.338 e. The molecule has 116 valence electrons. The van der Waals surface area contributed by atoms with Crippen LogP contribution in [0.5, 0.6) is 0 Å². The van der Waals surface area contributed by atoms with Gasteiger partial charge in [-0.2, -0.15) is 0 Å². The van der Waals surface area contributed by atoms with Crippen LogP contribution in [-0.2, 0) is 10.0 Å². The summed E-state index contributed by atoms with van der Waals surface area (Å²) < 4.78 is 25.3. The molecule has 1 unspecified atom stereocenters. The lowest BCUT2D eigenvalue weighted by atomic mass is 9.99. The lowest BCUT2D eigenvalue weighted by Crippen LogP contribution is -2.39. The molecule has 1 aliphatic rings. The van der Waals surface area contributed by atoms with Gasteiger partial charge in [0.05, 0.1) is 17.5 Å². The molecule has 1 aromatic carbocycles. The van der Waals surface area contributed by atoms with Gasteiger partial charge in [0.25, 0.3) is 5.91 Å². The minimum atomic E-state index is -3.41. The van der Waals surface area contributed by atoms with E-state index in [1.807, 2.05) is 11.8 Å². The highest BCUT2D eigenvalue weighted by Gasteiger charge is 2.24. The zero-order chi connectivity index (χ0) is 15.6. The predicted molar refractivity (Wildman–Crippen MR) is 83.9 cm³/mol. The number of anilines is 1. The van der Waals surface area contributed by atoms with Gasteiger partial charge in [-0.3, -0.25) is 9.52 Å². The highest BCUT2D eigenvalue weighted by atomic mass is 32.2. The van der Waals surface area contributed by atoms with Crippen LogP contribution in [0, 0.1) is 12.8 Å². The number of rotatable bonds is 3. The molecule has 1 atom stereocenters. The Morgan fingerprint density at radius 1 is 1.38 bits per heavy atom. The van der Waals surface area contributed by atoms with E-state index in [2.05, 4.69) is 11.6 Å². The highest BCUT2D eigenvalue weighted by Crippen LogP contribution is 2.23. The molecule has 2 rings (SSSR count). The third-order valence-electron chi connectivity index (χ3n) is 3.65. The topological polar surface area (TPSA) is 66.5 Å². The first-order chi connectivity index (χ1) is 9.76. The van der Waals surface area contributed by atoms with Gasteiger partial charge >= 0.3 is 0 Å². The number of sulfonamides is 1. The molecule has 0 saturated carbocycles. The Kier molecular flexibility index (Phi) is 4.56. The lowest BCUT2D eigenvalue weighted by Gasteiger charge is -2.31. The Morgan fingerprint density at radius 3 is 2.71 bits per heavy atom. The number of carbonyl (C=O) groups excluding carboxylic acids is 1. The molecule has 0 bridgehead atoms. The molecule has 0 aromatic heterocycles. The van der Waals surface area contributed by atoms with Crippen molar-refractivity contribution in [3.05, 3.63) is 29.3 Å². The summed E-state index contributed by atoms with van der Waals surface area (Å²) in [6, 6.07) is 5.19. The normalized spacial score (nSPS) is 19.4. The molecule has 0 spiro atoms. The van der Waals surface area contributed by atoms with Crippen LogP contribution in [0.25, 0.3) is 0 Å². The molecule has 0 radical (unpaired) electrons. The zero-order valence-corrected chi connectivity index (χ0v) is 13.5. The van der Waals surface area contributed by atoms with Gasteiger partial charge in [0, 0.05) is 13.1 Å². The average molecular weight is 310 g/mol. The number of nitrogens with one attached hydrogen (secondary N) is 1. The number of piperidine rings is 1. The van der Waals surface area contributed by atoms with Crippen molar-refractivity contribution in [2.24, 2.45) is 5.92 Å². The molecule has 1 saturated heterocycles. The molecule has 6 heteroatoms. The van der Waals surface area contributed by atoms with Gasteiger partial charge in [0.1, 0.15) is 0 Å². The Hall–Kier alpha value is -1.56. The van der Waals surface area contributed by atoms with Gasteiger partial charge in [-0.25, -0.2) is 8.42 Å². The minimum Gasteiger partial charge on any atom is -0.338 e. The summed E-state index contributed by atoms with van der Waals surface area (Å²) in [5.41, 5.74) is 1.71. The van der Waals surface area contributed by atoms with Crippen molar-refractivity contribution in [2.45, 2.75) is 26.7 Å². The summed E-state index contributed by atoms with van der Waals surface area (Å²) in [7, 11) is -3.41. The molecule has 1 aromatic rings. The van der Waals surface area contributed by atoms with Crippen LogP contribution in [0.15, 0.2) is 18.2 Å². The van der Waals surface area contributed by atoms with Crippen molar-refractivity contribution in [3.63, 3.8) is 0 Å². The van der Waals surface area contributed by atoms with Crippen LogP contribution in [0.1, 0.15) is 35.7 Å². The number of hydrogen-bond donors (Lipinski definition) is 1. The van der Waals surface area contributed by atoms with Crippen LogP contribution in [-0.4, -0.2) is 38.6 Å². The van der Waals surface area contributed by atoms with Gasteiger partial charge in [0.2, 0.25) is 10.0 Å². The number of nitrogens with zero attached hydrogens (tertiary/aromatic N) is 1. The van der Waals surface area contributed by atoms with Crippen LogP contribution in [0.2, 0.25) is 0 Å². The van der Waals surface area contributed by atoms with Crippen molar-refractivity contribution in [1.82, 2.24) is 4.90 Å². The Bertz CT molecular complexity index is 640. The maximum absolute atomic E-state index is 12.7. The second-order valence-corrected chi connectivity index (χ2v) is 7.67. The number of aryl methyl sites for hydroxylation is 1. The number of benzene rings is 1. The Morgan fingerprint density at radius 2 is 2.10 bits per heavy atom. The lowest BCUT2D eigenvalue weighted by molar-refractivity contribution is 0.0684. The zero-order valence-electron chi connectivity index (χ0n) is 12.7. The fourth-order valence-corrected chi connectivity index (χ4v) is 3.25. The van der Waals surface area contributed by atoms with Crippen molar-refractivity contribution in [3.8, 4) is 0 Å². The molecule has 21 heavy (non-hydrogen) atoms. The van der Waals surface area contributed by atoms with E-state index in [1.54, 1.807) is 18.2 Å². The first-order valence-electron chi connectivity index (χ1n) is 7.14. The summed E-state index contributed by atoms with van der Waals surface area (Å²) in [5.74, 6) is 0.384. The van der Waals surface area contributed by atoms with Gasteiger partial charge in [-0.05, 0) is 37.8 Å². The molecular formula is C15H22N2O3S. The fourth-order valence-electron chi connectivity index (χ4n) is 2.67. The molecule has 0 aliphatic carbocycles. The van der Waals surface area contributed by atoms with E-state index in [0.29, 0.717) is 17.2 Å². The van der Waals surface area contributed by atoms with Crippen LogP contribution in [0.3, 0.4) is 0 Å². The van der Waals surface area contributed by atoms with Crippen molar-refractivity contribution >= 4 is 21.6 Å². The van der Waals surface area contributed by atoms with E-state index < -0.39 is 10.0 Å². The summed E-state index contributed by atoms with van der Waals surface area (Å²) in [6.45, 7) is 5.48. The SMILES string of the molecule is Cc1ccc(NS(C)(=O)=O)c(C(=O)N2CCCC(C)C2)c1. The quantitative estimate of drug-likeness (QED) is 0.931. The summed E-state index contributed by atoms with van der Waals surface area (Å²) >= 11 is 0. The molecule has 5 nitrogen and oxygen atoms in total. The summed E-state index contributed by atoms with van der Waals surface area (Å²) in [4.78, 5) is 14.5. The third kappa shape index (κ3) is 4.20. The number of amides is 1. The fraction of sp³-hybridized carbons (Fsp3) is 0.533. The minimum absolute atomic E-state index is 0.101. The number of likely N-dealkylation sites (tertiary alicyclic amines) is 1. The maximum atomic E-state index is 12.7.